The van der Waals surface area contributed by atoms with Crippen LogP contribution in [0.1, 0.15) is 16.1 Å². The summed E-state index contributed by atoms with van der Waals surface area (Å²) in [5.41, 5.74) is 1.06. The van der Waals surface area contributed by atoms with E-state index < -0.39 is 0 Å². The van der Waals surface area contributed by atoms with Gasteiger partial charge < -0.3 is 9.52 Å². The van der Waals surface area contributed by atoms with Gasteiger partial charge in [-0.2, -0.15) is 0 Å². The second kappa shape index (κ2) is 5.05. The van der Waals surface area contributed by atoms with E-state index in [4.69, 9.17) is 4.42 Å². The van der Waals surface area contributed by atoms with Crippen molar-refractivity contribution in [2.75, 3.05) is 0 Å². The number of carbonyl (C=O) groups excluding carboxylic acids is 1. The molecule has 1 N–H and O–H groups in total. The molecule has 1 heterocycles. The van der Waals surface area contributed by atoms with Gasteiger partial charge in [0.2, 0.25) is 0 Å². The molecule has 0 spiro atoms. The minimum Gasteiger partial charge on any atom is -0.507 e. The zero-order valence-corrected chi connectivity index (χ0v) is 10.6. The third-order valence-corrected chi connectivity index (χ3v) is 3.01. The molecule has 0 amide bonds. The van der Waals surface area contributed by atoms with Gasteiger partial charge >= 0.3 is 0 Å². The van der Waals surface area contributed by atoms with Crippen LogP contribution >= 0.6 is 0 Å². The number of hydrogen-bond donors (Lipinski definition) is 1. The van der Waals surface area contributed by atoms with E-state index in [1.54, 1.807) is 24.3 Å². The SMILES string of the molecule is O=C(/C=C/c1cc2ccccc2o1)c1ccccc1O. The number of benzene rings is 2. The smallest absolute Gasteiger partial charge is 0.189 e. The largest absolute Gasteiger partial charge is 0.507 e. The second-order valence-electron chi connectivity index (χ2n) is 4.40. The summed E-state index contributed by atoms with van der Waals surface area (Å²) in [5.74, 6) is 0.324. The van der Waals surface area contributed by atoms with E-state index in [1.165, 1.54) is 12.1 Å². The molecule has 0 atom stereocenters. The van der Waals surface area contributed by atoms with E-state index in [0.717, 1.165) is 11.0 Å². The Morgan fingerprint density at radius 2 is 1.80 bits per heavy atom. The minimum absolute atomic E-state index is 0.0215. The third kappa shape index (κ3) is 2.34. The quantitative estimate of drug-likeness (QED) is 0.574. The van der Waals surface area contributed by atoms with Crippen molar-refractivity contribution in [2.45, 2.75) is 0 Å². The zero-order valence-electron chi connectivity index (χ0n) is 10.6. The van der Waals surface area contributed by atoms with Crippen molar-refractivity contribution in [3.8, 4) is 5.75 Å². The number of ketones is 1. The summed E-state index contributed by atoms with van der Waals surface area (Å²) in [6.07, 6.45) is 3.00. The Kier molecular flexibility index (Phi) is 3.09. The molecule has 0 aliphatic heterocycles. The van der Waals surface area contributed by atoms with Crippen LogP contribution in [0.25, 0.3) is 17.0 Å². The van der Waals surface area contributed by atoms with Crippen molar-refractivity contribution < 1.29 is 14.3 Å². The average molecular weight is 264 g/mol. The Bertz CT molecular complexity index is 764. The standard InChI is InChI=1S/C17H12O3/c18-15-7-3-2-6-14(15)16(19)10-9-13-11-12-5-1-4-8-17(12)20-13/h1-11,18H/b10-9+. The van der Waals surface area contributed by atoms with Crippen LogP contribution in [0.15, 0.2) is 65.1 Å². The van der Waals surface area contributed by atoms with Gasteiger partial charge in [0.25, 0.3) is 0 Å². The van der Waals surface area contributed by atoms with Crippen molar-refractivity contribution in [3.05, 3.63) is 72.0 Å². The molecule has 98 valence electrons. The first-order valence-electron chi connectivity index (χ1n) is 6.23. The van der Waals surface area contributed by atoms with E-state index in [1.807, 2.05) is 30.3 Å². The number of furan rings is 1. The molecule has 0 saturated heterocycles. The monoisotopic (exact) mass is 264 g/mol. The Labute approximate surface area is 115 Å². The number of carbonyl (C=O) groups is 1. The van der Waals surface area contributed by atoms with E-state index in [9.17, 15) is 9.90 Å². The lowest BCUT2D eigenvalue weighted by Gasteiger charge is -1.98. The summed E-state index contributed by atoms with van der Waals surface area (Å²) in [7, 11) is 0. The fraction of sp³-hybridized carbons (Fsp3) is 0. The van der Waals surface area contributed by atoms with Gasteiger partial charge in [-0.25, -0.2) is 0 Å². The van der Waals surface area contributed by atoms with Crippen molar-refractivity contribution in [2.24, 2.45) is 0 Å². The number of phenolic OH excluding ortho intramolecular Hbond substituents is 1. The zero-order chi connectivity index (χ0) is 13.9. The molecule has 0 fully saturated rings. The number of hydrogen-bond acceptors (Lipinski definition) is 3. The summed E-state index contributed by atoms with van der Waals surface area (Å²) in [4.78, 5) is 12.0. The number of allylic oxidation sites excluding steroid dienone is 1. The van der Waals surface area contributed by atoms with Crippen LogP contribution in [0.3, 0.4) is 0 Å². The molecule has 0 aliphatic rings. The van der Waals surface area contributed by atoms with Gasteiger partial charge in [0, 0.05) is 5.39 Å². The number of fused-ring (bicyclic) bond motifs is 1. The van der Waals surface area contributed by atoms with Gasteiger partial charge in [-0.3, -0.25) is 4.79 Å². The fourth-order valence-corrected chi connectivity index (χ4v) is 2.01. The highest BCUT2D eigenvalue weighted by Gasteiger charge is 2.07. The number of rotatable bonds is 3. The van der Waals surface area contributed by atoms with E-state index in [0.29, 0.717) is 5.76 Å². The van der Waals surface area contributed by atoms with E-state index >= 15 is 0 Å². The molecule has 3 nitrogen and oxygen atoms in total. The summed E-state index contributed by atoms with van der Waals surface area (Å²) < 4.78 is 5.58. The maximum absolute atomic E-state index is 12.0. The van der Waals surface area contributed by atoms with Crippen LogP contribution < -0.4 is 0 Å². The Hall–Kier alpha value is -2.81. The molecule has 0 bridgehead atoms. The normalized spacial score (nSPS) is 11.2. The van der Waals surface area contributed by atoms with Gasteiger partial charge in [-0.1, -0.05) is 30.3 Å². The topological polar surface area (TPSA) is 50.4 Å². The molecule has 0 radical (unpaired) electrons. The highest BCUT2D eigenvalue weighted by atomic mass is 16.3. The fourth-order valence-electron chi connectivity index (χ4n) is 2.01. The summed E-state index contributed by atoms with van der Waals surface area (Å²) >= 11 is 0. The van der Waals surface area contributed by atoms with Crippen LogP contribution in [0, 0.1) is 0 Å². The maximum Gasteiger partial charge on any atom is 0.189 e. The maximum atomic E-state index is 12.0. The molecule has 3 rings (SSSR count). The van der Waals surface area contributed by atoms with Crippen LogP contribution in [-0.4, -0.2) is 10.9 Å². The molecule has 0 saturated carbocycles. The first-order valence-corrected chi connectivity index (χ1v) is 6.23. The molecule has 3 heteroatoms. The van der Waals surface area contributed by atoms with Gasteiger partial charge in [0.05, 0.1) is 5.56 Å². The minimum atomic E-state index is -0.261. The first kappa shape index (κ1) is 12.2. The van der Waals surface area contributed by atoms with E-state index in [-0.39, 0.29) is 17.1 Å². The lowest BCUT2D eigenvalue weighted by molar-refractivity contribution is 0.104. The molecule has 3 aromatic rings. The van der Waals surface area contributed by atoms with Crippen LogP contribution in [0.2, 0.25) is 0 Å². The Balaban J connectivity index is 1.87. The van der Waals surface area contributed by atoms with Gasteiger partial charge in [0.1, 0.15) is 17.1 Å². The summed E-state index contributed by atoms with van der Waals surface area (Å²) in [5, 5.41) is 10.6. The van der Waals surface area contributed by atoms with Crippen LogP contribution in [0.4, 0.5) is 0 Å². The van der Waals surface area contributed by atoms with E-state index in [2.05, 4.69) is 0 Å². The molecular weight excluding hydrogens is 252 g/mol. The Morgan fingerprint density at radius 3 is 2.60 bits per heavy atom. The molecule has 2 aromatic carbocycles. The second-order valence-corrected chi connectivity index (χ2v) is 4.40. The van der Waals surface area contributed by atoms with Crippen molar-refractivity contribution in [3.63, 3.8) is 0 Å². The number of para-hydroxylation sites is 2. The Morgan fingerprint density at radius 1 is 1.05 bits per heavy atom. The first-order chi connectivity index (χ1) is 9.74. The van der Waals surface area contributed by atoms with Crippen molar-refractivity contribution >= 4 is 22.8 Å². The molecular formula is C17H12O3. The molecule has 1 aromatic heterocycles. The highest BCUT2D eigenvalue weighted by molar-refractivity contribution is 6.08. The van der Waals surface area contributed by atoms with Crippen LogP contribution in [0.5, 0.6) is 5.75 Å². The van der Waals surface area contributed by atoms with Gasteiger partial charge in [-0.05, 0) is 36.4 Å². The highest BCUT2D eigenvalue weighted by Crippen LogP contribution is 2.21. The predicted octanol–water partition coefficient (Wildman–Crippen LogP) is 4.03. The van der Waals surface area contributed by atoms with Gasteiger partial charge in [-0.15, -0.1) is 0 Å². The van der Waals surface area contributed by atoms with Crippen molar-refractivity contribution in [1.82, 2.24) is 0 Å². The lowest BCUT2D eigenvalue weighted by atomic mass is 10.1. The lowest BCUT2D eigenvalue weighted by Crippen LogP contribution is -1.93. The summed E-state index contributed by atoms with van der Waals surface area (Å²) in [6, 6.07) is 16.0. The predicted molar refractivity (Wildman–Crippen MR) is 77.7 cm³/mol. The molecule has 0 aliphatic carbocycles. The van der Waals surface area contributed by atoms with Gasteiger partial charge in [0.15, 0.2) is 5.78 Å². The average Bonchev–Trinajstić information content (AvgIpc) is 2.88. The molecule has 20 heavy (non-hydrogen) atoms. The number of aromatic hydroxyl groups is 1. The number of phenols is 1. The molecule has 0 unspecified atom stereocenters. The van der Waals surface area contributed by atoms with Crippen molar-refractivity contribution in [1.29, 1.82) is 0 Å². The third-order valence-electron chi connectivity index (χ3n) is 3.01. The van der Waals surface area contributed by atoms with Crippen LogP contribution in [-0.2, 0) is 0 Å². The summed E-state index contributed by atoms with van der Waals surface area (Å²) in [6.45, 7) is 0.